The van der Waals surface area contributed by atoms with Crippen LogP contribution in [0.4, 0.5) is 0 Å². The summed E-state index contributed by atoms with van der Waals surface area (Å²) < 4.78 is 11.9. The second kappa shape index (κ2) is 8.02. The van der Waals surface area contributed by atoms with E-state index in [-0.39, 0.29) is 0 Å². The van der Waals surface area contributed by atoms with Gasteiger partial charge in [-0.05, 0) is 63.2 Å². The molecule has 1 aliphatic heterocycles. The predicted molar refractivity (Wildman–Crippen MR) is 111 cm³/mol. The highest BCUT2D eigenvalue weighted by Crippen LogP contribution is 2.35. The van der Waals surface area contributed by atoms with Gasteiger partial charge in [-0.2, -0.15) is 0 Å². The molecule has 26 heavy (non-hydrogen) atoms. The Hall–Kier alpha value is -2.17. The Kier molecular flexibility index (Phi) is 5.74. The zero-order chi connectivity index (χ0) is 18.7. The average Bonchev–Trinajstić information content (AvgIpc) is 2.91. The van der Waals surface area contributed by atoms with Crippen LogP contribution in [0.3, 0.4) is 0 Å². The molecule has 0 bridgehead atoms. The lowest BCUT2D eigenvalue weighted by atomic mass is 9.96. The highest BCUT2D eigenvalue weighted by atomic mass is 32.2. The molecule has 0 N–H and O–H groups in total. The summed E-state index contributed by atoms with van der Waals surface area (Å²) >= 11 is 1.33. The minimum Gasteiger partial charge on any atom is -0.459 e. The summed E-state index contributed by atoms with van der Waals surface area (Å²) in [5.41, 5.74) is 6.82. The summed E-state index contributed by atoms with van der Waals surface area (Å²) in [6.07, 6.45) is 3.99. The van der Waals surface area contributed by atoms with Gasteiger partial charge in [0.05, 0.1) is 18.6 Å². The molecule has 0 amide bonds. The number of allylic oxidation sites excluding steroid dienone is 3. The molecule has 0 spiro atoms. The van der Waals surface area contributed by atoms with Crippen LogP contribution in [0.25, 0.3) is 17.2 Å². The van der Waals surface area contributed by atoms with Gasteiger partial charge in [0.15, 0.2) is 0 Å². The van der Waals surface area contributed by atoms with Crippen LogP contribution < -0.4 is 0 Å². The molecule has 0 aliphatic carbocycles. The highest BCUT2D eigenvalue weighted by Gasteiger charge is 2.19. The first-order valence-electron chi connectivity index (χ1n) is 8.68. The monoisotopic (exact) mass is 367 g/mol. The predicted octanol–water partition coefficient (Wildman–Crippen LogP) is 6.13. The number of nitrogens with zero attached hydrogens (tertiary/aromatic N) is 1. The van der Waals surface area contributed by atoms with Gasteiger partial charge in [-0.25, -0.2) is 0 Å². The number of hydrogen-bond acceptors (Lipinski definition) is 4. The van der Waals surface area contributed by atoms with Gasteiger partial charge >= 0.3 is 0 Å². The molecule has 136 valence electrons. The SMILES string of the molecule is CC1=Cc2c(oc(CN(C)C)c2C)/C(C)=C/OSC=C1c1ccccc1. The van der Waals surface area contributed by atoms with Crippen molar-refractivity contribution in [2.45, 2.75) is 27.3 Å². The lowest BCUT2D eigenvalue weighted by Crippen LogP contribution is -2.10. The molecule has 0 saturated carbocycles. The van der Waals surface area contributed by atoms with Gasteiger partial charge in [0.1, 0.15) is 17.8 Å². The standard InChI is InChI=1S/C22H25NO2S/c1-15-11-19-17(3)21(12-23(4)5)25-22(19)16(2)13-24-26-14-20(15)18-9-7-6-8-10-18/h6-11,13-14H,12H2,1-5H3/b15-11?,16-13+,20-14?. The van der Waals surface area contributed by atoms with Crippen LogP contribution in [0.2, 0.25) is 0 Å². The minimum atomic E-state index is 0.774. The van der Waals surface area contributed by atoms with E-state index in [1.807, 2.05) is 13.0 Å². The maximum Gasteiger partial charge on any atom is 0.140 e. The summed E-state index contributed by atoms with van der Waals surface area (Å²) in [7, 11) is 4.10. The maximum atomic E-state index is 6.22. The smallest absolute Gasteiger partial charge is 0.140 e. The Morgan fingerprint density at radius 1 is 1.00 bits per heavy atom. The van der Waals surface area contributed by atoms with Crippen molar-refractivity contribution in [2.24, 2.45) is 0 Å². The van der Waals surface area contributed by atoms with E-state index in [4.69, 9.17) is 8.60 Å². The third kappa shape index (κ3) is 3.97. The van der Waals surface area contributed by atoms with E-state index in [2.05, 4.69) is 68.6 Å². The van der Waals surface area contributed by atoms with Crippen LogP contribution >= 0.6 is 12.0 Å². The molecule has 1 aromatic heterocycles. The molecule has 2 aromatic rings. The Morgan fingerprint density at radius 3 is 2.42 bits per heavy atom. The van der Waals surface area contributed by atoms with Gasteiger partial charge in [-0.1, -0.05) is 30.3 Å². The molecule has 3 rings (SSSR count). The summed E-state index contributed by atoms with van der Waals surface area (Å²) in [6, 6.07) is 10.4. The second-order valence-electron chi connectivity index (χ2n) is 6.85. The number of rotatable bonds is 3. The van der Waals surface area contributed by atoms with Crippen LogP contribution in [-0.2, 0) is 10.7 Å². The fourth-order valence-electron chi connectivity index (χ4n) is 3.01. The molecule has 0 fully saturated rings. The summed E-state index contributed by atoms with van der Waals surface area (Å²) in [4.78, 5) is 2.12. The zero-order valence-electron chi connectivity index (χ0n) is 16.0. The third-order valence-electron chi connectivity index (χ3n) is 4.43. The van der Waals surface area contributed by atoms with Crippen molar-refractivity contribution >= 4 is 29.3 Å². The van der Waals surface area contributed by atoms with Gasteiger partial charge in [0.25, 0.3) is 0 Å². The first-order valence-corrected chi connectivity index (χ1v) is 9.48. The molecule has 1 aliphatic rings. The molecular weight excluding hydrogens is 342 g/mol. The van der Waals surface area contributed by atoms with Crippen LogP contribution in [-0.4, -0.2) is 19.0 Å². The van der Waals surface area contributed by atoms with Crippen molar-refractivity contribution in [3.63, 3.8) is 0 Å². The van der Waals surface area contributed by atoms with Crippen molar-refractivity contribution in [1.82, 2.24) is 4.90 Å². The molecule has 4 heteroatoms. The van der Waals surface area contributed by atoms with E-state index in [1.54, 1.807) is 6.26 Å². The van der Waals surface area contributed by atoms with E-state index >= 15 is 0 Å². The van der Waals surface area contributed by atoms with Gasteiger partial charge in [-0.3, -0.25) is 0 Å². The number of furan rings is 1. The average molecular weight is 368 g/mol. The molecule has 0 unspecified atom stereocenters. The molecule has 0 radical (unpaired) electrons. The van der Waals surface area contributed by atoms with E-state index in [9.17, 15) is 0 Å². The fraction of sp³-hybridized carbons (Fsp3) is 0.273. The first-order chi connectivity index (χ1) is 12.5. The topological polar surface area (TPSA) is 25.6 Å². The third-order valence-corrected chi connectivity index (χ3v) is 4.97. The lowest BCUT2D eigenvalue weighted by Gasteiger charge is -2.11. The minimum absolute atomic E-state index is 0.774. The van der Waals surface area contributed by atoms with Crippen LogP contribution in [0.1, 0.15) is 42.1 Å². The fourth-order valence-corrected chi connectivity index (χ4v) is 3.68. The quantitative estimate of drug-likeness (QED) is 0.609. The molecule has 1 aromatic carbocycles. The van der Waals surface area contributed by atoms with Crippen LogP contribution in [0, 0.1) is 6.92 Å². The summed E-state index contributed by atoms with van der Waals surface area (Å²) in [6.45, 7) is 7.07. The van der Waals surface area contributed by atoms with E-state index in [1.165, 1.54) is 28.7 Å². The number of benzene rings is 1. The highest BCUT2D eigenvalue weighted by molar-refractivity contribution is 7.97. The first kappa shape index (κ1) is 18.6. The van der Waals surface area contributed by atoms with E-state index < -0.39 is 0 Å². The van der Waals surface area contributed by atoms with Crippen molar-refractivity contribution in [3.05, 3.63) is 75.8 Å². The molecule has 0 atom stereocenters. The molecule has 3 nitrogen and oxygen atoms in total. The van der Waals surface area contributed by atoms with Crippen molar-refractivity contribution < 1.29 is 8.60 Å². The van der Waals surface area contributed by atoms with Crippen LogP contribution in [0.15, 0.2) is 52.0 Å². The molecular formula is C22H25NO2S. The Labute approximate surface area is 160 Å². The van der Waals surface area contributed by atoms with Gasteiger partial charge < -0.3 is 13.5 Å². The van der Waals surface area contributed by atoms with Crippen molar-refractivity contribution in [3.8, 4) is 0 Å². The number of hydrogen-bond donors (Lipinski definition) is 0. The largest absolute Gasteiger partial charge is 0.459 e. The second-order valence-corrected chi connectivity index (χ2v) is 7.47. The van der Waals surface area contributed by atoms with E-state index in [0.717, 1.165) is 34.8 Å². The normalized spacial score (nSPS) is 16.9. The Morgan fingerprint density at radius 2 is 1.73 bits per heavy atom. The zero-order valence-corrected chi connectivity index (χ0v) is 16.8. The van der Waals surface area contributed by atoms with Gasteiger partial charge in [0.2, 0.25) is 0 Å². The molecule has 2 heterocycles. The van der Waals surface area contributed by atoms with Crippen molar-refractivity contribution in [2.75, 3.05) is 14.1 Å². The maximum absolute atomic E-state index is 6.22. The summed E-state index contributed by atoms with van der Waals surface area (Å²) in [5, 5.41) is 2.06. The molecule has 0 saturated heterocycles. The lowest BCUT2D eigenvalue weighted by molar-refractivity contribution is 0.346. The van der Waals surface area contributed by atoms with Crippen molar-refractivity contribution in [1.29, 1.82) is 0 Å². The Balaban J connectivity index is 2.14. The van der Waals surface area contributed by atoms with E-state index in [0.29, 0.717) is 0 Å². The summed E-state index contributed by atoms with van der Waals surface area (Å²) in [5.74, 6) is 1.88. The Bertz CT molecular complexity index is 873. The van der Waals surface area contributed by atoms with Gasteiger partial charge in [-0.15, -0.1) is 0 Å². The number of fused-ring (bicyclic) bond motifs is 1. The van der Waals surface area contributed by atoms with Crippen LogP contribution in [0.5, 0.6) is 0 Å². The van der Waals surface area contributed by atoms with Gasteiger partial charge in [0, 0.05) is 16.5 Å².